The van der Waals surface area contributed by atoms with Crippen molar-refractivity contribution in [3.05, 3.63) is 35.9 Å². The fourth-order valence-electron chi connectivity index (χ4n) is 2.53. The van der Waals surface area contributed by atoms with Crippen LogP contribution in [0.5, 0.6) is 0 Å². The molecule has 2 unspecified atom stereocenters. The number of carbonyl (C=O) groups excluding carboxylic acids is 1. The van der Waals surface area contributed by atoms with Crippen LogP contribution in [0.3, 0.4) is 0 Å². The van der Waals surface area contributed by atoms with E-state index in [2.05, 4.69) is 19.1 Å². The number of nitrogens with two attached hydrogens (primary N) is 1. The largest absolute Gasteiger partial charge is 0.341 e. The van der Waals surface area contributed by atoms with Crippen LogP contribution in [0.15, 0.2) is 30.3 Å². The summed E-state index contributed by atoms with van der Waals surface area (Å²) in [6.07, 6.45) is 2.65. The van der Waals surface area contributed by atoms with Gasteiger partial charge in [-0.15, -0.1) is 12.4 Å². The molecule has 0 radical (unpaired) electrons. The van der Waals surface area contributed by atoms with Crippen LogP contribution in [0, 0.1) is 0 Å². The third-order valence-electron chi connectivity index (χ3n) is 3.66. The highest BCUT2D eigenvalue weighted by atomic mass is 35.5. The lowest BCUT2D eigenvalue weighted by Crippen LogP contribution is -2.45. The lowest BCUT2D eigenvalue weighted by atomic mass is 9.96. The topological polar surface area (TPSA) is 46.3 Å². The molecule has 1 amide bonds. The highest BCUT2D eigenvalue weighted by Crippen LogP contribution is 2.20. The van der Waals surface area contributed by atoms with E-state index in [0.29, 0.717) is 6.42 Å². The van der Waals surface area contributed by atoms with Gasteiger partial charge in [-0.25, -0.2) is 0 Å². The highest BCUT2D eigenvalue weighted by molar-refractivity contribution is 5.85. The van der Waals surface area contributed by atoms with Crippen molar-refractivity contribution in [2.75, 3.05) is 13.1 Å². The van der Waals surface area contributed by atoms with Gasteiger partial charge in [-0.2, -0.15) is 0 Å². The first-order valence-corrected chi connectivity index (χ1v) is 6.75. The molecular formula is C15H23ClN2O. The van der Waals surface area contributed by atoms with Crippen LogP contribution >= 0.6 is 12.4 Å². The zero-order valence-corrected chi connectivity index (χ0v) is 12.2. The fourth-order valence-corrected chi connectivity index (χ4v) is 2.53. The van der Waals surface area contributed by atoms with Crippen LogP contribution in [-0.2, 0) is 4.79 Å². The minimum Gasteiger partial charge on any atom is -0.341 e. The third kappa shape index (κ3) is 4.51. The van der Waals surface area contributed by atoms with Gasteiger partial charge in [-0.3, -0.25) is 4.79 Å². The first kappa shape index (κ1) is 16.0. The Hall–Kier alpha value is -1.06. The predicted molar refractivity (Wildman–Crippen MR) is 80.5 cm³/mol. The number of nitrogens with zero attached hydrogens (tertiary/aromatic N) is 1. The van der Waals surface area contributed by atoms with Crippen LogP contribution in [0.25, 0.3) is 0 Å². The Kier molecular flexibility index (Phi) is 6.32. The molecule has 2 N–H and O–H groups in total. The molecule has 0 aliphatic carbocycles. The summed E-state index contributed by atoms with van der Waals surface area (Å²) in [5, 5.41) is 0. The molecule has 1 saturated heterocycles. The number of carbonyl (C=O) groups is 1. The zero-order chi connectivity index (χ0) is 13.0. The maximum atomic E-state index is 12.2. The summed E-state index contributed by atoms with van der Waals surface area (Å²) in [7, 11) is 0. The lowest BCUT2D eigenvalue weighted by Gasteiger charge is -2.31. The van der Waals surface area contributed by atoms with E-state index in [9.17, 15) is 4.79 Å². The van der Waals surface area contributed by atoms with E-state index in [-0.39, 0.29) is 30.3 Å². The molecule has 1 aromatic carbocycles. The monoisotopic (exact) mass is 282 g/mol. The van der Waals surface area contributed by atoms with Gasteiger partial charge in [-0.05, 0) is 24.3 Å². The summed E-state index contributed by atoms with van der Waals surface area (Å²) >= 11 is 0. The van der Waals surface area contributed by atoms with Gasteiger partial charge in [0.2, 0.25) is 5.91 Å². The van der Waals surface area contributed by atoms with Crippen molar-refractivity contribution in [1.82, 2.24) is 4.90 Å². The molecule has 1 aliphatic rings. The summed E-state index contributed by atoms with van der Waals surface area (Å²) in [5.41, 5.74) is 7.14. The van der Waals surface area contributed by atoms with Crippen molar-refractivity contribution in [2.24, 2.45) is 5.73 Å². The van der Waals surface area contributed by atoms with E-state index < -0.39 is 0 Å². The Morgan fingerprint density at radius 2 is 2.11 bits per heavy atom. The molecule has 19 heavy (non-hydrogen) atoms. The van der Waals surface area contributed by atoms with Crippen LogP contribution < -0.4 is 5.73 Å². The number of hydrogen-bond acceptors (Lipinski definition) is 2. The van der Waals surface area contributed by atoms with Gasteiger partial charge < -0.3 is 10.6 Å². The normalized spacial score (nSPS) is 20.5. The van der Waals surface area contributed by atoms with Gasteiger partial charge in [0.1, 0.15) is 0 Å². The van der Waals surface area contributed by atoms with E-state index in [1.54, 1.807) is 0 Å². The Morgan fingerprint density at radius 1 is 1.42 bits per heavy atom. The van der Waals surface area contributed by atoms with Gasteiger partial charge in [0.15, 0.2) is 0 Å². The predicted octanol–water partition coefficient (Wildman–Crippen LogP) is 2.55. The number of halogens is 1. The Balaban J connectivity index is 0.00000180. The molecule has 1 fully saturated rings. The first-order chi connectivity index (χ1) is 8.66. The number of hydrogen-bond donors (Lipinski definition) is 1. The van der Waals surface area contributed by atoms with Crippen molar-refractivity contribution in [2.45, 2.75) is 38.1 Å². The quantitative estimate of drug-likeness (QED) is 0.926. The summed E-state index contributed by atoms with van der Waals surface area (Å²) in [4.78, 5) is 14.1. The van der Waals surface area contributed by atoms with E-state index in [0.717, 1.165) is 25.9 Å². The molecule has 1 aliphatic heterocycles. The summed E-state index contributed by atoms with van der Waals surface area (Å²) < 4.78 is 0. The average molecular weight is 283 g/mol. The van der Waals surface area contributed by atoms with Gasteiger partial charge in [0, 0.05) is 25.6 Å². The van der Waals surface area contributed by atoms with Crippen LogP contribution in [0.1, 0.15) is 37.7 Å². The molecule has 0 bridgehead atoms. The SMILES string of the molecule is CC(CC(=O)N1CCCC(N)C1)c1ccccc1.Cl. The smallest absolute Gasteiger partial charge is 0.223 e. The second kappa shape index (κ2) is 7.51. The first-order valence-electron chi connectivity index (χ1n) is 6.75. The highest BCUT2D eigenvalue weighted by Gasteiger charge is 2.22. The second-order valence-corrected chi connectivity index (χ2v) is 5.26. The number of piperidine rings is 1. The molecule has 2 rings (SSSR count). The Labute approximate surface area is 121 Å². The molecule has 1 aromatic rings. The number of benzene rings is 1. The van der Waals surface area contributed by atoms with E-state index in [1.807, 2.05) is 23.1 Å². The maximum absolute atomic E-state index is 12.2. The number of likely N-dealkylation sites (tertiary alicyclic amines) is 1. The molecular weight excluding hydrogens is 260 g/mol. The molecule has 0 spiro atoms. The van der Waals surface area contributed by atoms with E-state index >= 15 is 0 Å². The van der Waals surface area contributed by atoms with Gasteiger partial charge in [0.25, 0.3) is 0 Å². The average Bonchev–Trinajstić information content (AvgIpc) is 2.39. The van der Waals surface area contributed by atoms with Crippen molar-refractivity contribution in [1.29, 1.82) is 0 Å². The molecule has 1 heterocycles. The lowest BCUT2D eigenvalue weighted by molar-refractivity contribution is -0.132. The van der Waals surface area contributed by atoms with E-state index in [1.165, 1.54) is 5.56 Å². The van der Waals surface area contributed by atoms with Crippen molar-refractivity contribution < 1.29 is 4.79 Å². The fraction of sp³-hybridized carbons (Fsp3) is 0.533. The van der Waals surface area contributed by atoms with Crippen LogP contribution in [0.4, 0.5) is 0 Å². The molecule has 2 atom stereocenters. The molecule has 0 saturated carbocycles. The maximum Gasteiger partial charge on any atom is 0.223 e. The number of amides is 1. The summed E-state index contributed by atoms with van der Waals surface area (Å²) in [6.45, 7) is 3.70. The standard InChI is InChI=1S/C15H22N2O.ClH/c1-12(13-6-3-2-4-7-13)10-15(18)17-9-5-8-14(16)11-17;/h2-4,6-7,12,14H,5,8-11,16H2,1H3;1H. The molecule has 0 aromatic heterocycles. The Morgan fingerprint density at radius 3 is 2.74 bits per heavy atom. The third-order valence-corrected chi connectivity index (χ3v) is 3.66. The van der Waals surface area contributed by atoms with Crippen LogP contribution in [-0.4, -0.2) is 29.9 Å². The number of rotatable bonds is 3. The van der Waals surface area contributed by atoms with Gasteiger partial charge >= 0.3 is 0 Å². The van der Waals surface area contributed by atoms with Crippen LogP contribution in [0.2, 0.25) is 0 Å². The molecule has 4 heteroatoms. The van der Waals surface area contributed by atoms with Crippen molar-refractivity contribution >= 4 is 18.3 Å². The van der Waals surface area contributed by atoms with Crippen molar-refractivity contribution in [3.63, 3.8) is 0 Å². The minimum atomic E-state index is 0. The van der Waals surface area contributed by atoms with Gasteiger partial charge in [0.05, 0.1) is 0 Å². The van der Waals surface area contributed by atoms with E-state index in [4.69, 9.17) is 5.73 Å². The van der Waals surface area contributed by atoms with Crippen molar-refractivity contribution in [3.8, 4) is 0 Å². The molecule has 106 valence electrons. The minimum absolute atomic E-state index is 0. The van der Waals surface area contributed by atoms with Gasteiger partial charge in [-0.1, -0.05) is 37.3 Å². The summed E-state index contributed by atoms with van der Waals surface area (Å²) in [5.74, 6) is 0.512. The molecule has 3 nitrogen and oxygen atoms in total. The zero-order valence-electron chi connectivity index (χ0n) is 11.4. The summed E-state index contributed by atoms with van der Waals surface area (Å²) in [6, 6.07) is 10.4. The second-order valence-electron chi connectivity index (χ2n) is 5.26. The Bertz CT molecular complexity index is 396.